The van der Waals surface area contributed by atoms with Crippen molar-refractivity contribution in [2.45, 2.75) is 38.4 Å². The quantitative estimate of drug-likeness (QED) is 0.754. The summed E-state index contributed by atoms with van der Waals surface area (Å²) in [4.78, 5) is 16.6. The van der Waals surface area contributed by atoms with Gasteiger partial charge in [0.05, 0.1) is 5.60 Å². The number of likely N-dealkylation sites (tertiary alicyclic amines) is 1. The maximum Gasteiger partial charge on any atom is 0.249 e. The lowest BCUT2D eigenvalue weighted by Gasteiger charge is -2.45. The molecule has 0 saturated carbocycles. The minimum atomic E-state index is -0.231. The summed E-state index contributed by atoms with van der Waals surface area (Å²) in [7, 11) is 2.09. The van der Waals surface area contributed by atoms with Crippen LogP contribution in [0.15, 0.2) is 0 Å². The molecule has 19 heavy (non-hydrogen) atoms. The first-order valence-corrected chi connectivity index (χ1v) is 7.45. The van der Waals surface area contributed by atoms with Gasteiger partial charge in [0.2, 0.25) is 5.91 Å². The molecule has 0 radical (unpaired) electrons. The number of nitrogens with one attached hydrogen (secondary N) is 1. The molecular formula is C14H27N3O2. The predicted molar refractivity (Wildman–Crippen MR) is 75.1 cm³/mol. The van der Waals surface area contributed by atoms with Gasteiger partial charge in [-0.2, -0.15) is 0 Å². The normalized spacial score (nSPS) is 25.8. The summed E-state index contributed by atoms with van der Waals surface area (Å²) >= 11 is 0. The van der Waals surface area contributed by atoms with Crippen molar-refractivity contribution >= 4 is 5.91 Å². The van der Waals surface area contributed by atoms with E-state index in [1.165, 1.54) is 0 Å². The van der Waals surface area contributed by atoms with E-state index in [1.54, 1.807) is 0 Å². The van der Waals surface area contributed by atoms with Gasteiger partial charge >= 0.3 is 0 Å². The lowest BCUT2D eigenvalue weighted by Crippen LogP contribution is -2.60. The number of ether oxygens (including phenoxy) is 1. The lowest BCUT2D eigenvalue weighted by molar-refractivity contribution is -0.153. The first-order valence-electron chi connectivity index (χ1n) is 7.45. The third-order valence-corrected chi connectivity index (χ3v) is 4.28. The van der Waals surface area contributed by atoms with E-state index >= 15 is 0 Å². The Kier molecular flexibility index (Phi) is 4.81. The smallest absolute Gasteiger partial charge is 0.249 e. The molecule has 2 fully saturated rings. The maximum absolute atomic E-state index is 12.0. The summed E-state index contributed by atoms with van der Waals surface area (Å²) in [6, 6.07) is 0. The Balaban J connectivity index is 1.67. The van der Waals surface area contributed by atoms with E-state index in [2.05, 4.69) is 36.0 Å². The average molecular weight is 269 g/mol. The van der Waals surface area contributed by atoms with Crippen LogP contribution in [0.25, 0.3) is 0 Å². The van der Waals surface area contributed by atoms with Crippen LogP contribution in [0.3, 0.4) is 0 Å². The molecule has 0 aromatic rings. The van der Waals surface area contributed by atoms with Crippen molar-refractivity contribution in [3.63, 3.8) is 0 Å². The number of carbonyl (C=O) groups is 1. The second-order valence-electron chi connectivity index (χ2n) is 5.82. The summed E-state index contributed by atoms with van der Waals surface area (Å²) in [5.74, 6) is 0.0681. The van der Waals surface area contributed by atoms with Gasteiger partial charge in [0.15, 0.2) is 0 Å². The molecule has 2 heterocycles. The summed E-state index contributed by atoms with van der Waals surface area (Å²) in [6.45, 7) is 9.91. The van der Waals surface area contributed by atoms with Crippen LogP contribution in [-0.2, 0) is 9.53 Å². The Bertz CT molecular complexity index is 312. The Morgan fingerprint density at radius 1 is 1.42 bits per heavy atom. The fourth-order valence-electron chi connectivity index (χ4n) is 3.16. The molecule has 2 rings (SSSR count). The Hall–Kier alpha value is -0.650. The van der Waals surface area contributed by atoms with Gasteiger partial charge in [0, 0.05) is 26.2 Å². The molecule has 110 valence electrons. The first kappa shape index (κ1) is 14.8. The first-order chi connectivity index (χ1) is 9.08. The van der Waals surface area contributed by atoms with E-state index in [0.717, 1.165) is 45.6 Å². The standard InChI is InChI=1S/C14H27N3O2/c1-4-17(5-2)9-8-15-13(18)12-6-7-14(19-12)10-16(3)11-14/h12H,4-11H2,1-3H3,(H,15,18). The average Bonchev–Trinajstić information content (AvgIpc) is 2.79. The number of amides is 1. The fraction of sp³-hybridized carbons (Fsp3) is 0.929. The third-order valence-electron chi connectivity index (χ3n) is 4.28. The molecule has 1 spiro atoms. The summed E-state index contributed by atoms with van der Waals surface area (Å²) < 4.78 is 5.96. The van der Waals surface area contributed by atoms with Gasteiger partial charge in [-0.1, -0.05) is 13.8 Å². The maximum atomic E-state index is 12.0. The second-order valence-corrected chi connectivity index (χ2v) is 5.82. The number of rotatable bonds is 6. The van der Waals surface area contributed by atoms with E-state index < -0.39 is 0 Å². The molecule has 5 nitrogen and oxygen atoms in total. The highest BCUT2D eigenvalue weighted by molar-refractivity contribution is 5.81. The number of hydrogen-bond acceptors (Lipinski definition) is 4. The monoisotopic (exact) mass is 269 g/mol. The summed E-state index contributed by atoms with van der Waals surface area (Å²) in [5, 5.41) is 3.00. The van der Waals surface area contributed by atoms with Crippen LogP contribution in [0.2, 0.25) is 0 Å². The zero-order valence-corrected chi connectivity index (χ0v) is 12.4. The summed E-state index contributed by atoms with van der Waals surface area (Å²) in [6.07, 6.45) is 1.65. The van der Waals surface area contributed by atoms with Crippen LogP contribution in [0.5, 0.6) is 0 Å². The van der Waals surface area contributed by atoms with Crippen molar-refractivity contribution in [2.75, 3.05) is 46.3 Å². The highest BCUT2D eigenvalue weighted by Gasteiger charge is 2.49. The number of hydrogen-bond donors (Lipinski definition) is 1. The van der Waals surface area contributed by atoms with Gasteiger partial charge in [0.25, 0.3) is 0 Å². The van der Waals surface area contributed by atoms with E-state index in [4.69, 9.17) is 4.74 Å². The highest BCUT2D eigenvalue weighted by Crippen LogP contribution is 2.37. The van der Waals surface area contributed by atoms with Crippen molar-refractivity contribution in [3.8, 4) is 0 Å². The van der Waals surface area contributed by atoms with E-state index in [0.29, 0.717) is 6.54 Å². The van der Waals surface area contributed by atoms with Gasteiger partial charge in [-0.3, -0.25) is 4.79 Å². The van der Waals surface area contributed by atoms with Crippen LogP contribution in [-0.4, -0.2) is 73.7 Å². The van der Waals surface area contributed by atoms with Crippen molar-refractivity contribution in [3.05, 3.63) is 0 Å². The SMILES string of the molecule is CCN(CC)CCNC(=O)C1CCC2(CN(C)C2)O1. The highest BCUT2D eigenvalue weighted by atomic mass is 16.5. The molecule has 1 atom stereocenters. The van der Waals surface area contributed by atoms with Gasteiger partial charge in [-0.05, 0) is 33.0 Å². The van der Waals surface area contributed by atoms with E-state index in [1.807, 2.05) is 0 Å². The lowest BCUT2D eigenvalue weighted by atomic mass is 9.91. The third kappa shape index (κ3) is 3.46. The molecule has 0 bridgehead atoms. The molecule has 2 saturated heterocycles. The molecule has 0 aliphatic carbocycles. The topological polar surface area (TPSA) is 44.8 Å². The Labute approximate surface area is 116 Å². The zero-order chi connectivity index (χ0) is 13.9. The molecular weight excluding hydrogens is 242 g/mol. The van der Waals surface area contributed by atoms with E-state index in [9.17, 15) is 4.79 Å². The summed E-state index contributed by atoms with van der Waals surface area (Å²) in [5.41, 5.74) is -0.0182. The van der Waals surface area contributed by atoms with Crippen LogP contribution >= 0.6 is 0 Å². The minimum absolute atomic E-state index is 0.0182. The molecule has 1 N–H and O–H groups in total. The van der Waals surface area contributed by atoms with Crippen LogP contribution in [0.1, 0.15) is 26.7 Å². The van der Waals surface area contributed by atoms with Crippen molar-refractivity contribution in [1.29, 1.82) is 0 Å². The minimum Gasteiger partial charge on any atom is -0.359 e. The van der Waals surface area contributed by atoms with Crippen molar-refractivity contribution in [2.24, 2.45) is 0 Å². The van der Waals surface area contributed by atoms with Gasteiger partial charge in [-0.25, -0.2) is 0 Å². The second kappa shape index (κ2) is 6.20. The molecule has 1 unspecified atom stereocenters. The van der Waals surface area contributed by atoms with Gasteiger partial charge in [-0.15, -0.1) is 0 Å². The number of nitrogens with zero attached hydrogens (tertiary/aromatic N) is 2. The molecule has 1 amide bonds. The molecule has 2 aliphatic heterocycles. The molecule has 5 heteroatoms. The van der Waals surface area contributed by atoms with Gasteiger partial charge < -0.3 is 19.9 Å². The van der Waals surface area contributed by atoms with Crippen LogP contribution < -0.4 is 5.32 Å². The Morgan fingerprint density at radius 3 is 2.68 bits per heavy atom. The van der Waals surface area contributed by atoms with Crippen molar-refractivity contribution in [1.82, 2.24) is 15.1 Å². The van der Waals surface area contributed by atoms with Crippen LogP contribution in [0.4, 0.5) is 0 Å². The zero-order valence-electron chi connectivity index (χ0n) is 12.4. The van der Waals surface area contributed by atoms with Gasteiger partial charge in [0.1, 0.15) is 6.10 Å². The van der Waals surface area contributed by atoms with Crippen LogP contribution in [0, 0.1) is 0 Å². The van der Waals surface area contributed by atoms with Crippen molar-refractivity contribution < 1.29 is 9.53 Å². The molecule has 0 aromatic carbocycles. The number of likely N-dealkylation sites (N-methyl/N-ethyl adjacent to an activating group) is 2. The Morgan fingerprint density at radius 2 is 2.11 bits per heavy atom. The molecule has 0 aromatic heterocycles. The fourth-order valence-corrected chi connectivity index (χ4v) is 3.16. The van der Waals surface area contributed by atoms with E-state index in [-0.39, 0.29) is 17.6 Å². The largest absolute Gasteiger partial charge is 0.359 e. The predicted octanol–water partition coefficient (Wildman–Crippen LogP) is 0.308. The molecule has 2 aliphatic rings. The number of carbonyl (C=O) groups excluding carboxylic acids is 1.